The van der Waals surface area contributed by atoms with E-state index in [1.165, 1.54) is 4.80 Å². The Morgan fingerprint density at radius 1 is 1.25 bits per heavy atom. The Bertz CT molecular complexity index is 958. The number of hydrogen-bond donors (Lipinski definition) is 1. The molecular weight excluding hydrogens is 358 g/mol. The molecule has 0 spiro atoms. The predicted molar refractivity (Wildman–Crippen MR) is 101 cm³/mol. The summed E-state index contributed by atoms with van der Waals surface area (Å²) in [6.07, 6.45) is 4.95. The van der Waals surface area contributed by atoms with Crippen LogP contribution in [0.3, 0.4) is 0 Å². The van der Waals surface area contributed by atoms with E-state index in [1.54, 1.807) is 38.4 Å². The quantitative estimate of drug-likeness (QED) is 0.746. The maximum absolute atomic E-state index is 13.2. The van der Waals surface area contributed by atoms with Crippen molar-refractivity contribution in [2.75, 3.05) is 13.1 Å². The number of aliphatic hydroxyl groups is 1. The third-order valence-corrected chi connectivity index (χ3v) is 5.03. The minimum atomic E-state index is -1.05. The number of carbonyl (C=O) groups excluding carboxylic acids is 1. The highest BCUT2D eigenvalue weighted by Crippen LogP contribution is 2.31. The van der Waals surface area contributed by atoms with Crippen LogP contribution in [0.1, 0.15) is 54.4 Å². The Hall–Kier alpha value is -3.00. The van der Waals surface area contributed by atoms with Crippen LogP contribution >= 0.6 is 0 Å². The Balaban J connectivity index is 1.56. The van der Waals surface area contributed by atoms with Crippen LogP contribution in [0.25, 0.3) is 5.69 Å². The Morgan fingerprint density at radius 2 is 2.00 bits per heavy atom. The zero-order chi connectivity index (χ0) is 19.7. The highest BCUT2D eigenvalue weighted by atomic mass is 16.5. The maximum atomic E-state index is 13.2. The van der Waals surface area contributed by atoms with E-state index in [4.69, 9.17) is 4.52 Å². The average molecular weight is 381 g/mol. The first-order chi connectivity index (χ1) is 13.4. The van der Waals surface area contributed by atoms with Gasteiger partial charge in [-0.25, -0.2) is 0 Å². The van der Waals surface area contributed by atoms with Crippen LogP contribution < -0.4 is 0 Å². The number of benzene rings is 1. The number of piperidine rings is 1. The molecule has 146 valence electrons. The third-order valence-electron chi connectivity index (χ3n) is 5.03. The topological polar surface area (TPSA) is 97.3 Å². The molecule has 1 aliphatic heterocycles. The van der Waals surface area contributed by atoms with Gasteiger partial charge in [-0.1, -0.05) is 17.3 Å². The molecule has 0 bridgehead atoms. The van der Waals surface area contributed by atoms with Crippen molar-refractivity contribution < 1.29 is 14.4 Å². The van der Waals surface area contributed by atoms with Gasteiger partial charge >= 0.3 is 0 Å². The van der Waals surface area contributed by atoms with E-state index in [9.17, 15) is 9.90 Å². The number of hydrogen-bond acceptors (Lipinski definition) is 6. The van der Waals surface area contributed by atoms with Crippen molar-refractivity contribution in [1.29, 1.82) is 0 Å². The van der Waals surface area contributed by atoms with E-state index in [1.807, 2.05) is 23.1 Å². The lowest BCUT2D eigenvalue weighted by Gasteiger charge is -2.32. The van der Waals surface area contributed by atoms with Gasteiger partial charge in [0.25, 0.3) is 5.91 Å². The molecule has 2 aromatic heterocycles. The molecule has 8 nitrogen and oxygen atoms in total. The van der Waals surface area contributed by atoms with Gasteiger partial charge < -0.3 is 14.5 Å². The lowest BCUT2D eigenvalue weighted by molar-refractivity contribution is 0.0690. The fourth-order valence-electron chi connectivity index (χ4n) is 3.50. The lowest BCUT2D eigenvalue weighted by atomic mass is 9.93. The number of likely N-dealkylation sites (tertiary alicyclic amines) is 1. The van der Waals surface area contributed by atoms with E-state index in [2.05, 4.69) is 15.4 Å². The number of aromatic nitrogens is 4. The molecule has 1 aromatic carbocycles. The molecule has 0 saturated carbocycles. The van der Waals surface area contributed by atoms with Crippen LogP contribution in [0.15, 0.2) is 47.2 Å². The standard InChI is InChI=1S/C20H23N5O3/c1-20(2,27)18-12-17(28-23-18)14-6-5-11-24(13-14)19(26)15-7-3-4-8-16(15)25-21-9-10-22-25/h3-4,7-10,12,14,27H,5-6,11,13H2,1-2H3. The second kappa shape index (κ2) is 7.20. The summed E-state index contributed by atoms with van der Waals surface area (Å²) in [6.45, 7) is 4.57. The van der Waals surface area contributed by atoms with E-state index in [-0.39, 0.29) is 11.8 Å². The second-order valence-electron chi connectivity index (χ2n) is 7.60. The number of carbonyl (C=O) groups is 1. The van der Waals surface area contributed by atoms with Gasteiger partial charge in [0.15, 0.2) is 0 Å². The predicted octanol–water partition coefficient (Wildman–Crippen LogP) is 2.50. The van der Waals surface area contributed by atoms with Crippen LogP contribution in [-0.4, -0.2) is 49.2 Å². The zero-order valence-corrected chi connectivity index (χ0v) is 15.9. The van der Waals surface area contributed by atoms with Crippen LogP contribution in [0.4, 0.5) is 0 Å². The van der Waals surface area contributed by atoms with Crippen molar-refractivity contribution in [3.63, 3.8) is 0 Å². The summed E-state index contributed by atoms with van der Waals surface area (Å²) in [4.78, 5) is 16.5. The first-order valence-corrected chi connectivity index (χ1v) is 9.38. The first-order valence-electron chi connectivity index (χ1n) is 9.38. The van der Waals surface area contributed by atoms with Gasteiger partial charge in [-0.05, 0) is 38.8 Å². The number of nitrogens with zero attached hydrogens (tertiary/aromatic N) is 5. The molecule has 0 aliphatic carbocycles. The summed E-state index contributed by atoms with van der Waals surface area (Å²) in [6, 6.07) is 9.13. The third kappa shape index (κ3) is 3.55. The highest BCUT2D eigenvalue weighted by molar-refractivity contribution is 5.97. The summed E-state index contributed by atoms with van der Waals surface area (Å²) in [5.74, 6) is 0.702. The van der Waals surface area contributed by atoms with Crippen molar-refractivity contribution in [2.45, 2.75) is 38.2 Å². The van der Waals surface area contributed by atoms with E-state index in [0.29, 0.717) is 35.8 Å². The fourth-order valence-corrected chi connectivity index (χ4v) is 3.50. The first kappa shape index (κ1) is 18.4. The Morgan fingerprint density at radius 3 is 2.71 bits per heavy atom. The van der Waals surface area contributed by atoms with E-state index in [0.717, 1.165) is 12.8 Å². The van der Waals surface area contributed by atoms with Gasteiger partial charge in [-0.2, -0.15) is 15.0 Å². The van der Waals surface area contributed by atoms with E-state index >= 15 is 0 Å². The summed E-state index contributed by atoms with van der Waals surface area (Å²) in [5.41, 5.74) is 0.667. The van der Waals surface area contributed by atoms with Gasteiger partial charge in [0.2, 0.25) is 0 Å². The number of amides is 1. The SMILES string of the molecule is CC(C)(O)c1cc(C2CCCN(C(=O)c3ccccc3-n3nccn3)C2)on1. The van der Waals surface area contributed by atoms with Crippen LogP contribution in [0, 0.1) is 0 Å². The molecule has 3 aromatic rings. The normalized spacial score (nSPS) is 17.7. The van der Waals surface area contributed by atoms with Crippen molar-refractivity contribution in [3.8, 4) is 5.69 Å². The molecule has 1 unspecified atom stereocenters. The van der Waals surface area contributed by atoms with Crippen molar-refractivity contribution in [2.24, 2.45) is 0 Å². The molecule has 1 aliphatic rings. The van der Waals surface area contributed by atoms with Gasteiger partial charge in [-0.3, -0.25) is 4.79 Å². The Kier molecular flexibility index (Phi) is 4.72. The second-order valence-corrected chi connectivity index (χ2v) is 7.60. The van der Waals surface area contributed by atoms with Crippen molar-refractivity contribution >= 4 is 5.91 Å². The van der Waals surface area contributed by atoms with E-state index < -0.39 is 5.60 Å². The monoisotopic (exact) mass is 381 g/mol. The fraction of sp³-hybridized carbons (Fsp3) is 0.400. The molecule has 0 radical (unpaired) electrons. The van der Waals surface area contributed by atoms with Crippen molar-refractivity contribution in [1.82, 2.24) is 25.1 Å². The molecule has 28 heavy (non-hydrogen) atoms. The summed E-state index contributed by atoms with van der Waals surface area (Å²) < 4.78 is 5.47. The minimum Gasteiger partial charge on any atom is -0.384 e. The zero-order valence-electron chi connectivity index (χ0n) is 15.9. The van der Waals surface area contributed by atoms with Crippen molar-refractivity contribution in [3.05, 3.63) is 59.7 Å². The average Bonchev–Trinajstić information content (AvgIpc) is 3.39. The van der Waals surface area contributed by atoms with Crippen LogP contribution in [0.2, 0.25) is 0 Å². The lowest BCUT2D eigenvalue weighted by Crippen LogP contribution is -2.39. The van der Waals surface area contributed by atoms with Gasteiger partial charge in [-0.15, -0.1) is 0 Å². The van der Waals surface area contributed by atoms with Crippen LogP contribution in [0.5, 0.6) is 0 Å². The minimum absolute atomic E-state index is 0.0521. The molecular formula is C20H23N5O3. The van der Waals surface area contributed by atoms with Gasteiger partial charge in [0.05, 0.1) is 23.6 Å². The van der Waals surface area contributed by atoms with Gasteiger partial charge in [0, 0.05) is 25.1 Å². The molecule has 1 atom stereocenters. The Labute approximate surface area is 162 Å². The molecule has 3 heterocycles. The summed E-state index contributed by atoms with van der Waals surface area (Å²) >= 11 is 0. The molecule has 8 heteroatoms. The summed E-state index contributed by atoms with van der Waals surface area (Å²) in [7, 11) is 0. The summed E-state index contributed by atoms with van der Waals surface area (Å²) in [5, 5.41) is 22.4. The largest absolute Gasteiger partial charge is 0.384 e. The molecule has 4 rings (SSSR count). The molecule has 1 saturated heterocycles. The molecule has 1 fully saturated rings. The number of rotatable bonds is 4. The molecule has 1 N–H and O–H groups in total. The molecule has 1 amide bonds. The maximum Gasteiger partial charge on any atom is 0.256 e. The smallest absolute Gasteiger partial charge is 0.256 e. The highest BCUT2D eigenvalue weighted by Gasteiger charge is 2.31. The van der Waals surface area contributed by atoms with Gasteiger partial charge in [0.1, 0.15) is 17.1 Å². The number of para-hydroxylation sites is 1. The van der Waals surface area contributed by atoms with Crippen LogP contribution in [-0.2, 0) is 5.60 Å².